The molecule has 3 aromatic rings. The number of nitrogens with zero attached hydrogens (tertiary/aromatic N) is 2. The fraction of sp³-hybridized carbons (Fsp3) is 0.176. The lowest BCUT2D eigenvalue weighted by Crippen LogP contribution is -2.06. The summed E-state index contributed by atoms with van der Waals surface area (Å²) in [7, 11) is 0. The highest BCUT2D eigenvalue weighted by Crippen LogP contribution is 2.21. The minimum absolute atomic E-state index is 0.529. The van der Waals surface area contributed by atoms with Gasteiger partial charge in [0.2, 0.25) is 5.88 Å². The van der Waals surface area contributed by atoms with E-state index in [1.54, 1.807) is 6.07 Å². The van der Waals surface area contributed by atoms with Crippen LogP contribution in [0, 0.1) is 0 Å². The van der Waals surface area contributed by atoms with Crippen LogP contribution in [0.4, 0.5) is 0 Å². The SMILES string of the molecule is Clc1cccc(OCCCOc2ncnc3ccccc23)c1. The number of benzene rings is 2. The minimum Gasteiger partial charge on any atom is -0.493 e. The van der Waals surface area contributed by atoms with Crippen LogP contribution < -0.4 is 9.47 Å². The third-order valence-corrected chi connectivity index (χ3v) is 3.33. The van der Waals surface area contributed by atoms with Gasteiger partial charge in [-0.3, -0.25) is 0 Å². The Bertz CT molecular complexity index is 759. The fourth-order valence-electron chi connectivity index (χ4n) is 2.07. The third kappa shape index (κ3) is 3.65. The summed E-state index contributed by atoms with van der Waals surface area (Å²) in [4.78, 5) is 8.39. The van der Waals surface area contributed by atoms with Crippen molar-refractivity contribution in [3.05, 3.63) is 59.9 Å². The number of halogens is 1. The largest absolute Gasteiger partial charge is 0.493 e. The summed E-state index contributed by atoms with van der Waals surface area (Å²) >= 11 is 5.90. The van der Waals surface area contributed by atoms with Crippen molar-refractivity contribution in [1.29, 1.82) is 0 Å². The standard InChI is InChI=1S/C17H15ClN2O2/c18-13-5-3-6-14(11-13)21-9-4-10-22-17-15-7-1-2-8-16(15)19-12-20-17/h1-3,5-8,11-12H,4,9-10H2. The molecule has 0 saturated carbocycles. The Labute approximate surface area is 133 Å². The summed E-state index contributed by atoms with van der Waals surface area (Å²) in [6.07, 6.45) is 2.27. The number of hydrogen-bond acceptors (Lipinski definition) is 4. The molecule has 0 aliphatic carbocycles. The fourth-order valence-corrected chi connectivity index (χ4v) is 2.25. The lowest BCUT2D eigenvalue weighted by molar-refractivity contribution is 0.244. The van der Waals surface area contributed by atoms with Crippen molar-refractivity contribution < 1.29 is 9.47 Å². The molecule has 1 aromatic heterocycles. The van der Waals surface area contributed by atoms with E-state index in [9.17, 15) is 0 Å². The second-order valence-corrected chi connectivity index (χ2v) is 5.14. The number of para-hydroxylation sites is 1. The van der Waals surface area contributed by atoms with Gasteiger partial charge in [-0.15, -0.1) is 0 Å². The van der Waals surface area contributed by atoms with Crippen LogP contribution in [0.1, 0.15) is 6.42 Å². The van der Waals surface area contributed by atoms with Gasteiger partial charge in [0.25, 0.3) is 0 Å². The van der Waals surface area contributed by atoms with Gasteiger partial charge >= 0.3 is 0 Å². The average Bonchev–Trinajstić information content (AvgIpc) is 2.55. The molecule has 0 atom stereocenters. The maximum atomic E-state index is 5.90. The molecule has 0 unspecified atom stereocenters. The second-order valence-electron chi connectivity index (χ2n) is 4.70. The summed E-state index contributed by atoms with van der Waals surface area (Å²) < 4.78 is 11.3. The van der Waals surface area contributed by atoms with E-state index in [4.69, 9.17) is 21.1 Å². The summed E-state index contributed by atoms with van der Waals surface area (Å²) in [6, 6.07) is 15.1. The first-order chi connectivity index (χ1) is 10.8. The predicted octanol–water partition coefficient (Wildman–Crippen LogP) is 4.13. The lowest BCUT2D eigenvalue weighted by atomic mass is 10.2. The molecule has 0 aliphatic rings. The first-order valence-corrected chi connectivity index (χ1v) is 7.41. The van der Waals surface area contributed by atoms with E-state index in [-0.39, 0.29) is 0 Å². The molecule has 4 nitrogen and oxygen atoms in total. The van der Waals surface area contributed by atoms with Crippen LogP contribution >= 0.6 is 11.6 Å². The highest BCUT2D eigenvalue weighted by atomic mass is 35.5. The van der Waals surface area contributed by atoms with Crippen molar-refractivity contribution >= 4 is 22.5 Å². The molecule has 2 aromatic carbocycles. The van der Waals surface area contributed by atoms with Crippen LogP contribution in [0.15, 0.2) is 54.9 Å². The first kappa shape index (κ1) is 14.6. The molecule has 0 N–H and O–H groups in total. The molecule has 0 radical (unpaired) electrons. The van der Waals surface area contributed by atoms with Crippen molar-refractivity contribution in [3.8, 4) is 11.6 Å². The van der Waals surface area contributed by atoms with Crippen LogP contribution in [0.5, 0.6) is 11.6 Å². The van der Waals surface area contributed by atoms with Gasteiger partial charge < -0.3 is 9.47 Å². The Kier molecular flexibility index (Phi) is 4.71. The van der Waals surface area contributed by atoms with Crippen LogP contribution in [0.25, 0.3) is 10.9 Å². The molecular formula is C17H15ClN2O2. The number of rotatable bonds is 6. The van der Waals surface area contributed by atoms with E-state index >= 15 is 0 Å². The lowest BCUT2D eigenvalue weighted by Gasteiger charge is -2.09. The summed E-state index contributed by atoms with van der Waals surface area (Å²) in [5, 5.41) is 1.59. The van der Waals surface area contributed by atoms with Gasteiger partial charge in [-0.25, -0.2) is 9.97 Å². The molecule has 5 heteroatoms. The van der Waals surface area contributed by atoms with Gasteiger partial charge in [0.15, 0.2) is 0 Å². The number of aromatic nitrogens is 2. The van der Waals surface area contributed by atoms with Crippen LogP contribution in [0.3, 0.4) is 0 Å². The van der Waals surface area contributed by atoms with Crippen molar-refractivity contribution in [2.75, 3.05) is 13.2 Å². The molecule has 0 fully saturated rings. The number of fused-ring (bicyclic) bond motifs is 1. The van der Waals surface area contributed by atoms with E-state index in [0.29, 0.717) is 24.1 Å². The molecular weight excluding hydrogens is 300 g/mol. The molecule has 0 spiro atoms. The van der Waals surface area contributed by atoms with Crippen molar-refractivity contribution in [1.82, 2.24) is 9.97 Å². The smallest absolute Gasteiger partial charge is 0.224 e. The van der Waals surface area contributed by atoms with Gasteiger partial charge in [0.05, 0.1) is 24.1 Å². The zero-order valence-electron chi connectivity index (χ0n) is 11.9. The number of ether oxygens (including phenoxy) is 2. The minimum atomic E-state index is 0.529. The Morgan fingerprint density at radius 3 is 2.68 bits per heavy atom. The van der Waals surface area contributed by atoms with Crippen LogP contribution in [-0.2, 0) is 0 Å². The highest BCUT2D eigenvalue weighted by molar-refractivity contribution is 6.30. The third-order valence-electron chi connectivity index (χ3n) is 3.10. The van der Waals surface area contributed by atoms with Crippen molar-refractivity contribution in [2.45, 2.75) is 6.42 Å². The normalized spacial score (nSPS) is 10.6. The molecule has 1 heterocycles. The van der Waals surface area contributed by atoms with E-state index < -0.39 is 0 Å². The first-order valence-electron chi connectivity index (χ1n) is 7.04. The Balaban J connectivity index is 1.50. The molecule has 22 heavy (non-hydrogen) atoms. The molecule has 0 aliphatic heterocycles. The topological polar surface area (TPSA) is 44.2 Å². The maximum absolute atomic E-state index is 5.90. The summed E-state index contributed by atoms with van der Waals surface area (Å²) in [5.41, 5.74) is 0.877. The highest BCUT2D eigenvalue weighted by Gasteiger charge is 2.03. The second kappa shape index (κ2) is 7.09. The van der Waals surface area contributed by atoms with Crippen molar-refractivity contribution in [2.24, 2.45) is 0 Å². The monoisotopic (exact) mass is 314 g/mol. The van der Waals surface area contributed by atoms with E-state index in [1.807, 2.05) is 42.5 Å². The van der Waals surface area contributed by atoms with Crippen molar-refractivity contribution in [3.63, 3.8) is 0 Å². The summed E-state index contributed by atoms with van der Waals surface area (Å²) in [6.45, 7) is 1.09. The van der Waals surface area contributed by atoms with Gasteiger partial charge in [0.1, 0.15) is 12.1 Å². The number of hydrogen-bond donors (Lipinski definition) is 0. The molecule has 0 saturated heterocycles. The Morgan fingerprint density at radius 2 is 1.77 bits per heavy atom. The van der Waals surface area contributed by atoms with Gasteiger partial charge in [-0.2, -0.15) is 0 Å². The van der Waals surface area contributed by atoms with E-state index in [2.05, 4.69) is 9.97 Å². The summed E-state index contributed by atoms with van der Waals surface area (Å²) in [5.74, 6) is 1.37. The van der Waals surface area contributed by atoms with E-state index in [0.717, 1.165) is 23.1 Å². The van der Waals surface area contributed by atoms with Gasteiger partial charge in [-0.05, 0) is 30.3 Å². The van der Waals surface area contributed by atoms with Crippen LogP contribution in [-0.4, -0.2) is 23.2 Å². The van der Waals surface area contributed by atoms with E-state index in [1.165, 1.54) is 6.33 Å². The van der Waals surface area contributed by atoms with Gasteiger partial charge in [-0.1, -0.05) is 29.8 Å². The zero-order chi connectivity index (χ0) is 15.2. The molecule has 112 valence electrons. The molecule has 0 bridgehead atoms. The molecule has 0 amide bonds. The Hall–Kier alpha value is -2.33. The zero-order valence-corrected chi connectivity index (χ0v) is 12.7. The predicted molar refractivity (Wildman–Crippen MR) is 86.6 cm³/mol. The van der Waals surface area contributed by atoms with Crippen LogP contribution in [0.2, 0.25) is 5.02 Å². The maximum Gasteiger partial charge on any atom is 0.224 e. The average molecular weight is 315 g/mol. The molecule has 3 rings (SSSR count). The Morgan fingerprint density at radius 1 is 0.909 bits per heavy atom. The quantitative estimate of drug-likeness (QED) is 0.642. The van der Waals surface area contributed by atoms with Gasteiger partial charge in [0, 0.05) is 11.4 Å².